The summed E-state index contributed by atoms with van der Waals surface area (Å²) < 4.78 is 0. The highest BCUT2D eigenvalue weighted by molar-refractivity contribution is 6.40. The van der Waals surface area contributed by atoms with Gasteiger partial charge in [0.25, 0.3) is 0 Å². The van der Waals surface area contributed by atoms with Gasteiger partial charge in [0.1, 0.15) is 0 Å². The van der Waals surface area contributed by atoms with Crippen LogP contribution in [0.2, 0.25) is 0 Å². The van der Waals surface area contributed by atoms with Crippen LogP contribution in [0, 0.1) is 0 Å². The molecular formula is C15H14O2Si. The van der Waals surface area contributed by atoms with Gasteiger partial charge in [0, 0.05) is 6.04 Å². The van der Waals surface area contributed by atoms with E-state index in [-0.39, 0.29) is 0 Å². The van der Waals surface area contributed by atoms with Gasteiger partial charge in [0.2, 0.25) is 0 Å². The monoisotopic (exact) mass is 254 g/mol. The summed E-state index contributed by atoms with van der Waals surface area (Å²) in [5, 5.41) is 4.67. The first-order valence-corrected chi connectivity index (χ1v) is 7.85. The van der Waals surface area contributed by atoms with Crippen molar-refractivity contribution in [3.8, 4) is 0 Å². The van der Waals surface area contributed by atoms with E-state index in [1.54, 1.807) is 0 Å². The Hall–Kier alpha value is -1.68. The zero-order valence-corrected chi connectivity index (χ0v) is 11.0. The van der Waals surface area contributed by atoms with E-state index in [9.17, 15) is 9.59 Å². The van der Waals surface area contributed by atoms with Gasteiger partial charge in [-0.25, -0.2) is 0 Å². The average molecular weight is 254 g/mol. The summed E-state index contributed by atoms with van der Waals surface area (Å²) in [5.41, 5.74) is 1.03. The van der Waals surface area contributed by atoms with Crippen molar-refractivity contribution >= 4 is 30.8 Å². The second kappa shape index (κ2) is 4.53. The highest BCUT2D eigenvalue weighted by Gasteiger charge is 2.08. The molecular weight excluding hydrogens is 240 g/mol. The van der Waals surface area contributed by atoms with Crippen LogP contribution in [-0.4, -0.2) is 18.9 Å². The molecule has 0 fully saturated rings. The van der Waals surface area contributed by atoms with Crippen molar-refractivity contribution in [1.82, 2.24) is 0 Å². The van der Waals surface area contributed by atoms with Crippen LogP contribution in [0.25, 0.3) is 21.5 Å². The van der Waals surface area contributed by atoms with E-state index in [1.165, 1.54) is 10.8 Å². The van der Waals surface area contributed by atoms with Crippen LogP contribution in [0.5, 0.6) is 0 Å². The zero-order chi connectivity index (χ0) is 12.5. The van der Waals surface area contributed by atoms with Crippen LogP contribution in [0.4, 0.5) is 0 Å². The fourth-order valence-electron chi connectivity index (χ4n) is 2.41. The average Bonchev–Trinajstić information content (AvgIpc) is 2.36. The molecule has 0 aliphatic heterocycles. The summed E-state index contributed by atoms with van der Waals surface area (Å²) in [6.45, 7) is 0. The SMILES string of the molecule is O[SiH](O)Cc1cccc2cc3ccccc3cc12. The van der Waals surface area contributed by atoms with Gasteiger partial charge >= 0.3 is 9.28 Å². The summed E-state index contributed by atoms with van der Waals surface area (Å²) in [4.78, 5) is 18.5. The highest BCUT2D eigenvalue weighted by atomic mass is 28.3. The lowest BCUT2D eigenvalue weighted by molar-refractivity contribution is 0.405. The molecule has 0 atom stereocenters. The lowest BCUT2D eigenvalue weighted by Crippen LogP contribution is -2.15. The second-order valence-corrected chi connectivity index (χ2v) is 5.89. The topological polar surface area (TPSA) is 40.5 Å². The molecule has 90 valence electrons. The van der Waals surface area contributed by atoms with Crippen LogP contribution in [0.15, 0.2) is 54.6 Å². The number of benzene rings is 3. The van der Waals surface area contributed by atoms with Crippen molar-refractivity contribution < 1.29 is 9.59 Å². The Morgan fingerprint density at radius 2 is 1.44 bits per heavy atom. The molecule has 3 heteroatoms. The lowest BCUT2D eigenvalue weighted by atomic mass is 10.0. The van der Waals surface area contributed by atoms with Gasteiger partial charge in [-0.05, 0) is 39.2 Å². The third-order valence-corrected chi connectivity index (χ3v) is 4.04. The number of hydrogen-bond acceptors (Lipinski definition) is 2. The molecule has 0 heterocycles. The summed E-state index contributed by atoms with van der Waals surface area (Å²) in [6, 6.07) is 18.9. The van der Waals surface area contributed by atoms with E-state index >= 15 is 0 Å². The highest BCUT2D eigenvalue weighted by Crippen LogP contribution is 2.25. The first kappa shape index (κ1) is 11.4. The fraction of sp³-hybridized carbons (Fsp3) is 0.0667. The van der Waals surface area contributed by atoms with Crippen LogP contribution in [-0.2, 0) is 6.04 Å². The molecule has 3 rings (SSSR count). The third-order valence-electron chi connectivity index (χ3n) is 3.24. The molecule has 0 radical (unpaired) electrons. The molecule has 0 amide bonds. The zero-order valence-electron chi connectivity index (χ0n) is 9.88. The Bertz CT molecular complexity index is 707. The van der Waals surface area contributed by atoms with Crippen LogP contribution < -0.4 is 0 Å². The number of rotatable bonds is 2. The normalized spacial score (nSPS) is 11.5. The van der Waals surface area contributed by atoms with Crippen molar-refractivity contribution in [2.45, 2.75) is 6.04 Å². The molecule has 0 aromatic heterocycles. The number of fused-ring (bicyclic) bond motifs is 2. The fourth-order valence-corrected chi connectivity index (χ4v) is 3.16. The van der Waals surface area contributed by atoms with Crippen LogP contribution in [0.3, 0.4) is 0 Å². The third kappa shape index (κ3) is 2.04. The maximum atomic E-state index is 9.27. The van der Waals surface area contributed by atoms with Crippen molar-refractivity contribution in [3.63, 3.8) is 0 Å². The van der Waals surface area contributed by atoms with Crippen molar-refractivity contribution in [2.24, 2.45) is 0 Å². The first-order valence-electron chi connectivity index (χ1n) is 6.00. The predicted molar refractivity (Wildman–Crippen MR) is 76.7 cm³/mol. The molecule has 0 aliphatic carbocycles. The Morgan fingerprint density at radius 1 is 0.778 bits per heavy atom. The minimum absolute atomic E-state index is 0.398. The van der Waals surface area contributed by atoms with E-state index in [0.717, 1.165) is 16.3 Å². The second-order valence-electron chi connectivity index (χ2n) is 4.52. The molecule has 3 aromatic carbocycles. The molecule has 3 aromatic rings. The summed E-state index contributed by atoms with van der Waals surface area (Å²) >= 11 is 0. The molecule has 0 unspecified atom stereocenters. The Balaban J connectivity index is 2.29. The Kier molecular flexibility index (Phi) is 2.87. The molecule has 2 nitrogen and oxygen atoms in total. The smallest absolute Gasteiger partial charge is 0.320 e. The molecule has 0 saturated carbocycles. The van der Waals surface area contributed by atoms with E-state index in [2.05, 4.69) is 30.3 Å². The molecule has 0 spiro atoms. The number of hydrogen-bond donors (Lipinski definition) is 2. The maximum absolute atomic E-state index is 9.27. The van der Waals surface area contributed by atoms with Gasteiger partial charge in [0.05, 0.1) is 0 Å². The Morgan fingerprint density at radius 3 is 2.17 bits per heavy atom. The van der Waals surface area contributed by atoms with Crippen molar-refractivity contribution in [3.05, 3.63) is 60.2 Å². The Labute approximate surface area is 107 Å². The first-order chi connectivity index (χ1) is 8.74. The molecule has 0 saturated heterocycles. The van der Waals surface area contributed by atoms with E-state index in [4.69, 9.17) is 0 Å². The van der Waals surface area contributed by atoms with Gasteiger partial charge in [-0.15, -0.1) is 0 Å². The van der Waals surface area contributed by atoms with Crippen LogP contribution in [0.1, 0.15) is 5.56 Å². The summed E-state index contributed by atoms with van der Waals surface area (Å²) in [7, 11) is -2.57. The van der Waals surface area contributed by atoms with Crippen LogP contribution >= 0.6 is 0 Å². The van der Waals surface area contributed by atoms with E-state index in [0.29, 0.717) is 6.04 Å². The quantitative estimate of drug-likeness (QED) is 0.544. The summed E-state index contributed by atoms with van der Waals surface area (Å²) in [5.74, 6) is 0. The van der Waals surface area contributed by atoms with Gasteiger partial charge in [-0.3, -0.25) is 0 Å². The minimum atomic E-state index is -2.57. The van der Waals surface area contributed by atoms with Gasteiger partial charge in [-0.1, -0.05) is 42.5 Å². The molecule has 2 N–H and O–H groups in total. The van der Waals surface area contributed by atoms with Gasteiger partial charge in [-0.2, -0.15) is 0 Å². The van der Waals surface area contributed by atoms with E-state index < -0.39 is 9.28 Å². The lowest BCUT2D eigenvalue weighted by Gasteiger charge is -2.08. The molecule has 18 heavy (non-hydrogen) atoms. The van der Waals surface area contributed by atoms with E-state index in [1.807, 2.05) is 24.3 Å². The van der Waals surface area contributed by atoms with Crippen molar-refractivity contribution in [1.29, 1.82) is 0 Å². The predicted octanol–water partition coefficient (Wildman–Crippen LogP) is 2.28. The maximum Gasteiger partial charge on any atom is 0.320 e. The summed E-state index contributed by atoms with van der Waals surface area (Å²) in [6.07, 6.45) is 0. The minimum Gasteiger partial charge on any atom is -0.413 e. The van der Waals surface area contributed by atoms with Gasteiger partial charge in [0.15, 0.2) is 0 Å². The molecule has 0 aliphatic rings. The molecule has 0 bridgehead atoms. The van der Waals surface area contributed by atoms with Gasteiger partial charge < -0.3 is 9.59 Å². The van der Waals surface area contributed by atoms with Crippen molar-refractivity contribution in [2.75, 3.05) is 0 Å². The standard InChI is InChI=1S/C15H14O2Si/c16-18(17)10-14-7-3-6-13-8-11-4-1-2-5-12(11)9-15(13)14/h1-9,16-18H,10H2. The largest absolute Gasteiger partial charge is 0.413 e.